The van der Waals surface area contributed by atoms with Crippen LogP contribution in [0.3, 0.4) is 0 Å². The maximum Gasteiger partial charge on any atom is 0.335 e. The molecule has 1 aromatic carbocycles. The average Bonchev–Trinajstić information content (AvgIpc) is 2.92. The summed E-state index contributed by atoms with van der Waals surface area (Å²) in [6.45, 7) is 6.94. The Bertz CT molecular complexity index is 721. The second-order valence-electron chi connectivity index (χ2n) is 6.64. The SMILES string of the molecule is CC(C)(C#Cc1ccc(C(=O)O)cc1)N1CC2CNCCN2C1=O.Cl. The predicted molar refractivity (Wildman–Crippen MR) is 97.1 cm³/mol. The molecule has 0 aromatic heterocycles. The van der Waals surface area contributed by atoms with Crippen LogP contribution >= 0.6 is 12.4 Å². The molecule has 2 saturated heterocycles. The molecule has 2 N–H and O–H groups in total. The van der Waals surface area contributed by atoms with E-state index < -0.39 is 11.5 Å². The van der Waals surface area contributed by atoms with Crippen molar-refractivity contribution >= 4 is 24.4 Å². The van der Waals surface area contributed by atoms with Crippen LogP contribution in [0.4, 0.5) is 4.79 Å². The molecular formula is C18H22ClN3O3. The number of carboxylic acid groups (broad SMARTS) is 1. The average molecular weight is 364 g/mol. The molecule has 7 heteroatoms. The number of aromatic carboxylic acids is 1. The van der Waals surface area contributed by atoms with Crippen LogP contribution in [0.25, 0.3) is 0 Å². The molecule has 134 valence electrons. The maximum atomic E-state index is 12.6. The highest BCUT2D eigenvalue weighted by atomic mass is 35.5. The molecular weight excluding hydrogens is 342 g/mol. The molecule has 1 aromatic rings. The van der Waals surface area contributed by atoms with Crippen molar-refractivity contribution in [1.29, 1.82) is 0 Å². The zero-order valence-electron chi connectivity index (χ0n) is 14.3. The van der Waals surface area contributed by atoms with Crippen molar-refractivity contribution in [3.8, 4) is 11.8 Å². The molecule has 1 unspecified atom stereocenters. The van der Waals surface area contributed by atoms with Gasteiger partial charge in [-0.15, -0.1) is 12.4 Å². The first-order valence-corrected chi connectivity index (χ1v) is 8.04. The topological polar surface area (TPSA) is 72.9 Å². The number of amides is 2. The molecule has 25 heavy (non-hydrogen) atoms. The van der Waals surface area contributed by atoms with E-state index in [-0.39, 0.29) is 30.0 Å². The standard InChI is InChI=1S/C18H21N3O3.ClH/c1-18(2,8-7-13-3-5-14(6-4-13)16(22)23)21-12-15-11-19-9-10-20(15)17(21)24;/h3-6,15,19H,9-12H2,1-2H3,(H,22,23);1H. The van der Waals surface area contributed by atoms with Crippen molar-refractivity contribution in [2.45, 2.75) is 25.4 Å². The number of carbonyl (C=O) groups is 2. The number of fused-ring (bicyclic) bond motifs is 1. The Kier molecular flexibility index (Phi) is 5.61. The molecule has 2 amide bonds. The Hall–Kier alpha value is -2.23. The Morgan fingerprint density at radius 2 is 2.00 bits per heavy atom. The third-order valence-corrected chi connectivity index (χ3v) is 4.54. The molecule has 0 aliphatic carbocycles. The van der Waals surface area contributed by atoms with E-state index in [0.717, 1.165) is 25.2 Å². The molecule has 3 rings (SSSR count). The van der Waals surface area contributed by atoms with Crippen molar-refractivity contribution in [1.82, 2.24) is 15.1 Å². The van der Waals surface area contributed by atoms with Gasteiger partial charge < -0.3 is 20.2 Å². The molecule has 2 aliphatic rings. The van der Waals surface area contributed by atoms with Crippen LogP contribution in [0, 0.1) is 11.8 Å². The lowest BCUT2D eigenvalue weighted by molar-refractivity contribution is 0.0697. The van der Waals surface area contributed by atoms with Crippen LogP contribution in [0.15, 0.2) is 24.3 Å². The van der Waals surface area contributed by atoms with Crippen LogP contribution in [0.1, 0.15) is 29.8 Å². The summed E-state index contributed by atoms with van der Waals surface area (Å²) >= 11 is 0. The van der Waals surface area contributed by atoms with Crippen LogP contribution in [0.5, 0.6) is 0 Å². The zero-order valence-corrected chi connectivity index (χ0v) is 15.1. The maximum absolute atomic E-state index is 12.6. The summed E-state index contributed by atoms with van der Waals surface area (Å²) in [5.41, 5.74) is 0.387. The summed E-state index contributed by atoms with van der Waals surface area (Å²) in [6, 6.07) is 6.69. The molecule has 0 bridgehead atoms. The van der Waals surface area contributed by atoms with Gasteiger partial charge in [-0.25, -0.2) is 9.59 Å². The summed E-state index contributed by atoms with van der Waals surface area (Å²) in [4.78, 5) is 27.2. The van der Waals surface area contributed by atoms with Crippen molar-refractivity contribution < 1.29 is 14.7 Å². The van der Waals surface area contributed by atoms with Gasteiger partial charge in [0.2, 0.25) is 0 Å². The second kappa shape index (κ2) is 7.34. The number of hydrogen-bond donors (Lipinski definition) is 2. The van der Waals surface area contributed by atoms with Gasteiger partial charge in [-0.3, -0.25) is 0 Å². The fraction of sp³-hybridized carbons (Fsp3) is 0.444. The van der Waals surface area contributed by atoms with Gasteiger partial charge in [-0.05, 0) is 38.1 Å². The molecule has 1 atom stereocenters. The van der Waals surface area contributed by atoms with E-state index >= 15 is 0 Å². The minimum Gasteiger partial charge on any atom is -0.478 e. The lowest BCUT2D eigenvalue weighted by Gasteiger charge is -2.30. The van der Waals surface area contributed by atoms with Gasteiger partial charge >= 0.3 is 12.0 Å². The fourth-order valence-electron chi connectivity index (χ4n) is 3.08. The molecule has 0 radical (unpaired) electrons. The number of hydrogen-bond acceptors (Lipinski definition) is 3. The first-order valence-electron chi connectivity index (χ1n) is 8.04. The third kappa shape index (κ3) is 3.89. The lowest BCUT2D eigenvalue weighted by atomic mass is 10.0. The summed E-state index contributed by atoms with van der Waals surface area (Å²) in [6.07, 6.45) is 0. The number of carboxylic acids is 1. The number of nitrogens with one attached hydrogen (secondary N) is 1. The molecule has 6 nitrogen and oxygen atoms in total. The highest BCUT2D eigenvalue weighted by Gasteiger charge is 2.44. The number of nitrogens with zero attached hydrogens (tertiary/aromatic N) is 2. The van der Waals surface area contributed by atoms with E-state index in [4.69, 9.17) is 5.11 Å². The van der Waals surface area contributed by atoms with Crippen molar-refractivity contribution in [3.63, 3.8) is 0 Å². The van der Waals surface area contributed by atoms with Gasteiger partial charge in [0.25, 0.3) is 0 Å². The fourth-order valence-corrected chi connectivity index (χ4v) is 3.08. The number of urea groups is 1. The molecule has 2 heterocycles. The van der Waals surface area contributed by atoms with E-state index in [9.17, 15) is 9.59 Å². The van der Waals surface area contributed by atoms with Crippen molar-refractivity contribution in [2.75, 3.05) is 26.2 Å². The van der Waals surface area contributed by atoms with E-state index in [1.807, 2.05) is 23.6 Å². The Labute approximate surface area is 153 Å². The van der Waals surface area contributed by atoms with Gasteiger partial charge in [0.1, 0.15) is 5.54 Å². The Morgan fingerprint density at radius 1 is 1.32 bits per heavy atom. The summed E-state index contributed by atoms with van der Waals surface area (Å²) in [5.74, 6) is 5.27. The number of halogens is 1. The van der Waals surface area contributed by atoms with Gasteiger partial charge in [0.05, 0.1) is 11.6 Å². The minimum absolute atomic E-state index is 0. The molecule has 0 spiro atoms. The van der Waals surface area contributed by atoms with Crippen LogP contribution in [0.2, 0.25) is 0 Å². The minimum atomic E-state index is -0.956. The zero-order chi connectivity index (χ0) is 17.3. The van der Waals surface area contributed by atoms with Crippen LogP contribution in [-0.2, 0) is 0 Å². The molecule has 0 saturated carbocycles. The normalized spacial score (nSPS) is 19.6. The summed E-state index contributed by atoms with van der Waals surface area (Å²) in [5, 5.41) is 12.2. The molecule has 2 aliphatic heterocycles. The first-order chi connectivity index (χ1) is 11.4. The third-order valence-electron chi connectivity index (χ3n) is 4.54. The molecule has 2 fully saturated rings. The van der Waals surface area contributed by atoms with Crippen molar-refractivity contribution in [3.05, 3.63) is 35.4 Å². The predicted octanol–water partition coefficient (Wildman–Crippen LogP) is 1.65. The largest absolute Gasteiger partial charge is 0.478 e. The number of carbonyl (C=O) groups excluding carboxylic acids is 1. The van der Waals surface area contributed by atoms with E-state index in [2.05, 4.69) is 17.2 Å². The second-order valence-corrected chi connectivity index (χ2v) is 6.64. The quantitative estimate of drug-likeness (QED) is 0.784. The Balaban J connectivity index is 0.00000225. The number of rotatable bonds is 2. The van der Waals surface area contributed by atoms with Gasteiger partial charge in [0.15, 0.2) is 0 Å². The van der Waals surface area contributed by atoms with Crippen LogP contribution < -0.4 is 5.32 Å². The van der Waals surface area contributed by atoms with Gasteiger partial charge in [-0.2, -0.15) is 0 Å². The highest BCUT2D eigenvalue weighted by molar-refractivity contribution is 5.87. The van der Waals surface area contributed by atoms with Crippen LogP contribution in [-0.4, -0.2) is 64.7 Å². The first kappa shape index (κ1) is 19.1. The lowest BCUT2D eigenvalue weighted by Crippen LogP contribution is -2.50. The van der Waals surface area contributed by atoms with E-state index in [1.54, 1.807) is 12.1 Å². The summed E-state index contributed by atoms with van der Waals surface area (Å²) in [7, 11) is 0. The van der Waals surface area contributed by atoms with E-state index in [1.165, 1.54) is 12.1 Å². The highest BCUT2D eigenvalue weighted by Crippen LogP contribution is 2.25. The number of benzene rings is 1. The smallest absolute Gasteiger partial charge is 0.335 e. The Morgan fingerprint density at radius 3 is 2.60 bits per heavy atom. The number of piperazine rings is 1. The van der Waals surface area contributed by atoms with Gasteiger partial charge in [0, 0.05) is 31.7 Å². The monoisotopic (exact) mass is 363 g/mol. The van der Waals surface area contributed by atoms with Crippen molar-refractivity contribution in [2.24, 2.45) is 0 Å². The van der Waals surface area contributed by atoms with E-state index in [0.29, 0.717) is 6.54 Å². The summed E-state index contributed by atoms with van der Waals surface area (Å²) < 4.78 is 0. The van der Waals surface area contributed by atoms with Gasteiger partial charge in [-0.1, -0.05) is 11.8 Å².